The minimum absolute atomic E-state index is 0.713. The second kappa shape index (κ2) is 6.61. The molecule has 1 rings (SSSR count). The number of rotatable bonds is 5. The summed E-state index contributed by atoms with van der Waals surface area (Å²) >= 11 is 0. The summed E-state index contributed by atoms with van der Waals surface area (Å²) in [5, 5.41) is 3.51. The molecule has 0 radical (unpaired) electrons. The predicted octanol–water partition coefficient (Wildman–Crippen LogP) is 2.60. The second-order valence-electron chi connectivity index (χ2n) is 6.02. The molecule has 2 nitrogen and oxygen atoms in total. The molecular formula is C14H30N2. The molecule has 3 atom stereocenters. The van der Waals surface area contributed by atoms with Crippen molar-refractivity contribution in [3.05, 3.63) is 0 Å². The number of hydrogen-bond donors (Lipinski definition) is 1. The Balaban J connectivity index is 2.55. The van der Waals surface area contributed by atoms with Gasteiger partial charge in [-0.05, 0) is 30.7 Å². The normalized spacial score (nSPS) is 29.6. The van der Waals surface area contributed by atoms with Gasteiger partial charge in [-0.3, -0.25) is 4.90 Å². The van der Waals surface area contributed by atoms with E-state index in [4.69, 9.17) is 0 Å². The van der Waals surface area contributed by atoms with Crippen LogP contribution in [-0.2, 0) is 0 Å². The van der Waals surface area contributed by atoms with Crippen LogP contribution in [0.2, 0.25) is 0 Å². The van der Waals surface area contributed by atoms with Gasteiger partial charge in [-0.25, -0.2) is 0 Å². The molecule has 16 heavy (non-hydrogen) atoms. The van der Waals surface area contributed by atoms with Crippen molar-refractivity contribution in [2.45, 2.75) is 47.1 Å². The first-order valence-corrected chi connectivity index (χ1v) is 6.99. The molecule has 1 aliphatic rings. The van der Waals surface area contributed by atoms with Crippen molar-refractivity contribution < 1.29 is 0 Å². The van der Waals surface area contributed by atoms with E-state index in [1.807, 2.05) is 0 Å². The van der Waals surface area contributed by atoms with Crippen molar-refractivity contribution in [3.63, 3.8) is 0 Å². The Morgan fingerprint density at radius 3 is 2.19 bits per heavy atom. The van der Waals surface area contributed by atoms with Gasteiger partial charge in [-0.2, -0.15) is 0 Å². The van der Waals surface area contributed by atoms with Crippen molar-refractivity contribution in [2.75, 3.05) is 26.2 Å². The molecule has 0 saturated carbocycles. The Labute approximate surface area is 102 Å². The van der Waals surface area contributed by atoms with Gasteiger partial charge in [0.1, 0.15) is 0 Å². The molecule has 0 aliphatic carbocycles. The molecule has 0 aromatic heterocycles. The van der Waals surface area contributed by atoms with Gasteiger partial charge in [-0.1, -0.05) is 34.6 Å². The van der Waals surface area contributed by atoms with Crippen molar-refractivity contribution in [1.82, 2.24) is 10.2 Å². The van der Waals surface area contributed by atoms with Crippen molar-refractivity contribution in [1.29, 1.82) is 0 Å². The molecule has 1 fully saturated rings. The highest BCUT2D eigenvalue weighted by molar-refractivity contribution is 4.83. The first-order chi connectivity index (χ1) is 7.54. The van der Waals surface area contributed by atoms with E-state index in [2.05, 4.69) is 44.8 Å². The van der Waals surface area contributed by atoms with Crippen molar-refractivity contribution in [2.24, 2.45) is 17.8 Å². The molecular weight excluding hydrogens is 196 g/mol. The van der Waals surface area contributed by atoms with Gasteiger partial charge in [0.2, 0.25) is 0 Å². The van der Waals surface area contributed by atoms with Crippen LogP contribution in [0.4, 0.5) is 0 Å². The van der Waals surface area contributed by atoms with E-state index in [9.17, 15) is 0 Å². The van der Waals surface area contributed by atoms with Crippen LogP contribution in [0.5, 0.6) is 0 Å². The molecule has 1 aliphatic heterocycles. The summed E-state index contributed by atoms with van der Waals surface area (Å²) in [5.74, 6) is 2.48. The Morgan fingerprint density at radius 1 is 1.19 bits per heavy atom. The van der Waals surface area contributed by atoms with Gasteiger partial charge in [0.05, 0.1) is 0 Å². The Morgan fingerprint density at radius 2 is 1.75 bits per heavy atom. The summed E-state index contributed by atoms with van der Waals surface area (Å²) in [5.41, 5.74) is 0. The fraction of sp³-hybridized carbons (Fsp3) is 1.00. The standard InChI is InChI=1S/C14H30N2/c1-6-15-8-14(11(2)3)16-9-12(4)7-13(5)10-16/h11-15H,6-10H2,1-5H3. The van der Waals surface area contributed by atoms with Crippen LogP contribution in [0.25, 0.3) is 0 Å². The third-order valence-corrected chi connectivity index (χ3v) is 3.74. The third kappa shape index (κ3) is 4.06. The third-order valence-electron chi connectivity index (χ3n) is 3.74. The zero-order chi connectivity index (χ0) is 12.1. The number of piperidine rings is 1. The van der Waals surface area contributed by atoms with Crippen LogP contribution >= 0.6 is 0 Å². The lowest BCUT2D eigenvalue weighted by Crippen LogP contribution is -2.51. The molecule has 0 bridgehead atoms. The van der Waals surface area contributed by atoms with Crippen LogP contribution in [0.15, 0.2) is 0 Å². The number of hydrogen-bond acceptors (Lipinski definition) is 2. The lowest BCUT2D eigenvalue weighted by molar-refractivity contribution is 0.0725. The number of nitrogens with one attached hydrogen (secondary N) is 1. The highest BCUT2D eigenvalue weighted by Gasteiger charge is 2.28. The van der Waals surface area contributed by atoms with Gasteiger partial charge < -0.3 is 5.32 Å². The van der Waals surface area contributed by atoms with Crippen LogP contribution < -0.4 is 5.32 Å². The largest absolute Gasteiger partial charge is 0.315 e. The van der Waals surface area contributed by atoms with Gasteiger partial charge in [-0.15, -0.1) is 0 Å². The SMILES string of the molecule is CCNCC(C(C)C)N1CC(C)CC(C)C1. The van der Waals surface area contributed by atoms with Crippen molar-refractivity contribution >= 4 is 0 Å². The van der Waals surface area contributed by atoms with Gasteiger partial charge in [0.15, 0.2) is 0 Å². The minimum Gasteiger partial charge on any atom is -0.315 e. The molecule has 0 spiro atoms. The van der Waals surface area contributed by atoms with E-state index in [0.29, 0.717) is 6.04 Å². The quantitative estimate of drug-likeness (QED) is 0.775. The summed E-state index contributed by atoms with van der Waals surface area (Å²) in [6.45, 7) is 16.5. The van der Waals surface area contributed by atoms with E-state index >= 15 is 0 Å². The lowest BCUT2D eigenvalue weighted by Gasteiger charge is -2.42. The van der Waals surface area contributed by atoms with Crippen LogP contribution in [0.3, 0.4) is 0 Å². The average Bonchev–Trinajstić information content (AvgIpc) is 2.16. The topological polar surface area (TPSA) is 15.3 Å². The molecule has 2 heteroatoms. The zero-order valence-corrected chi connectivity index (χ0v) is 11.8. The van der Waals surface area contributed by atoms with E-state index in [-0.39, 0.29) is 0 Å². The highest BCUT2D eigenvalue weighted by atomic mass is 15.2. The molecule has 1 heterocycles. The van der Waals surface area contributed by atoms with E-state index in [0.717, 1.165) is 30.8 Å². The summed E-state index contributed by atoms with van der Waals surface area (Å²) in [4.78, 5) is 2.71. The Hall–Kier alpha value is -0.0800. The summed E-state index contributed by atoms with van der Waals surface area (Å²) in [6.07, 6.45) is 1.41. The molecule has 3 unspecified atom stereocenters. The van der Waals surface area contributed by atoms with Crippen LogP contribution in [0.1, 0.15) is 41.0 Å². The van der Waals surface area contributed by atoms with E-state index in [1.54, 1.807) is 0 Å². The number of nitrogens with zero attached hydrogens (tertiary/aromatic N) is 1. The van der Waals surface area contributed by atoms with Gasteiger partial charge >= 0.3 is 0 Å². The summed E-state index contributed by atoms with van der Waals surface area (Å²) < 4.78 is 0. The average molecular weight is 226 g/mol. The maximum absolute atomic E-state index is 3.51. The molecule has 1 N–H and O–H groups in total. The van der Waals surface area contributed by atoms with Gasteiger partial charge in [0.25, 0.3) is 0 Å². The van der Waals surface area contributed by atoms with E-state index < -0.39 is 0 Å². The fourth-order valence-electron chi connectivity index (χ4n) is 3.06. The van der Waals surface area contributed by atoms with Crippen molar-refractivity contribution in [3.8, 4) is 0 Å². The zero-order valence-electron chi connectivity index (χ0n) is 11.8. The fourth-order valence-corrected chi connectivity index (χ4v) is 3.06. The monoisotopic (exact) mass is 226 g/mol. The first-order valence-electron chi connectivity index (χ1n) is 6.99. The highest BCUT2D eigenvalue weighted by Crippen LogP contribution is 2.24. The maximum atomic E-state index is 3.51. The Kier molecular flexibility index (Phi) is 5.77. The molecule has 0 aromatic carbocycles. The smallest absolute Gasteiger partial charge is 0.0243 e. The second-order valence-corrected chi connectivity index (χ2v) is 6.02. The predicted molar refractivity (Wildman–Crippen MR) is 71.7 cm³/mol. The lowest BCUT2D eigenvalue weighted by atomic mass is 9.89. The van der Waals surface area contributed by atoms with Gasteiger partial charge in [0, 0.05) is 25.7 Å². The first kappa shape index (κ1) is 14.0. The molecule has 1 saturated heterocycles. The van der Waals surface area contributed by atoms with E-state index in [1.165, 1.54) is 19.5 Å². The maximum Gasteiger partial charge on any atom is 0.0243 e. The number of likely N-dealkylation sites (tertiary alicyclic amines) is 1. The summed E-state index contributed by atoms with van der Waals surface area (Å²) in [7, 11) is 0. The molecule has 0 aromatic rings. The summed E-state index contributed by atoms with van der Waals surface area (Å²) in [6, 6.07) is 0.713. The molecule has 0 amide bonds. The van der Waals surface area contributed by atoms with Crippen LogP contribution in [-0.4, -0.2) is 37.1 Å². The number of likely N-dealkylation sites (N-methyl/N-ethyl adjacent to an activating group) is 1. The minimum atomic E-state index is 0.713. The Bertz CT molecular complexity index is 181. The van der Waals surface area contributed by atoms with Crippen LogP contribution in [0, 0.1) is 17.8 Å². The molecule has 96 valence electrons.